The molecule has 1 amide bonds. The summed E-state index contributed by atoms with van der Waals surface area (Å²) in [6.07, 6.45) is 2.11. The first kappa shape index (κ1) is 12.9. The summed E-state index contributed by atoms with van der Waals surface area (Å²) in [5.74, 6) is 1.03. The van der Waals surface area contributed by atoms with Crippen molar-refractivity contribution in [2.24, 2.45) is 24.4 Å². The van der Waals surface area contributed by atoms with Crippen LogP contribution in [-0.4, -0.2) is 35.3 Å². The van der Waals surface area contributed by atoms with E-state index >= 15 is 0 Å². The van der Waals surface area contributed by atoms with E-state index < -0.39 is 5.91 Å². The third kappa shape index (κ3) is 2.20. The van der Waals surface area contributed by atoms with E-state index in [0.29, 0.717) is 17.2 Å². The second-order valence-corrected chi connectivity index (χ2v) is 4.94. The van der Waals surface area contributed by atoms with Crippen LogP contribution in [0.1, 0.15) is 28.9 Å². The molecular weight excluding hydrogens is 230 g/mol. The Morgan fingerprint density at radius 3 is 2.56 bits per heavy atom. The Labute approximate surface area is 107 Å². The van der Waals surface area contributed by atoms with Gasteiger partial charge in [-0.25, -0.2) is 0 Å². The molecule has 100 valence electrons. The van der Waals surface area contributed by atoms with Gasteiger partial charge in [0.15, 0.2) is 0 Å². The second-order valence-electron chi connectivity index (χ2n) is 4.94. The van der Waals surface area contributed by atoms with Crippen LogP contribution < -0.4 is 16.4 Å². The fourth-order valence-corrected chi connectivity index (χ4v) is 2.68. The van der Waals surface area contributed by atoms with Crippen LogP contribution in [-0.2, 0) is 7.05 Å². The molecule has 1 aromatic rings. The molecule has 0 unspecified atom stereocenters. The first-order chi connectivity index (χ1) is 8.54. The highest BCUT2D eigenvalue weighted by molar-refractivity contribution is 5.99. The van der Waals surface area contributed by atoms with Crippen molar-refractivity contribution in [2.75, 3.05) is 24.5 Å². The SMILES string of the molecule is Cc1nn(C)c(N2CCC(CN)CC2)c1C(N)=O. The number of aryl methyl sites for hydroxylation is 2. The molecule has 0 spiro atoms. The molecule has 2 heterocycles. The molecule has 0 aromatic carbocycles. The maximum atomic E-state index is 11.5. The van der Waals surface area contributed by atoms with Crippen LogP contribution in [0.5, 0.6) is 0 Å². The minimum atomic E-state index is -0.406. The molecule has 1 saturated heterocycles. The van der Waals surface area contributed by atoms with Crippen molar-refractivity contribution >= 4 is 11.7 Å². The zero-order valence-electron chi connectivity index (χ0n) is 11.0. The summed E-state index contributed by atoms with van der Waals surface area (Å²) >= 11 is 0. The van der Waals surface area contributed by atoms with Gasteiger partial charge in [0.25, 0.3) is 5.91 Å². The van der Waals surface area contributed by atoms with E-state index in [1.54, 1.807) is 4.68 Å². The van der Waals surface area contributed by atoms with E-state index in [0.717, 1.165) is 38.3 Å². The van der Waals surface area contributed by atoms with E-state index in [-0.39, 0.29) is 0 Å². The summed E-state index contributed by atoms with van der Waals surface area (Å²) in [6.45, 7) is 4.36. The predicted octanol–water partition coefficient (Wildman–Crippen LogP) is 0.00252. The fraction of sp³-hybridized carbons (Fsp3) is 0.667. The number of hydrogen-bond donors (Lipinski definition) is 2. The van der Waals surface area contributed by atoms with Crippen LogP contribution in [0.15, 0.2) is 0 Å². The van der Waals surface area contributed by atoms with Gasteiger partial charge >= 0.3 is 0 Å². The van der Waals surface area contributed by atoms with Gasteiger partial charge in [0.05, 0.1) is 5.69 Å². The van der Waals surface area contributed by atoms with Crippen LogP contribution >= 0.6 is 0 Å². The third-order valence-corrected chi connectivity index (χ3v) is 3.69. The van der Waals surface area contributed by atoms with E-state index in [1.807, 2.05) is 14.0 Å². The Hall–Kier alpha value is -1.56. The number of nitrogens with zero attached hydrogens (tertiary/aromatic N) is 3. The third-order valence-electron chi connectivity index (χ3n) is 3.69. The lowest BCUT2D eigenvalue weighted by Gasteiger charge is -2.33. The average molecular weight is 251 g/mol. The van der Waals surface area contributed by atoms with Gasteiger partial charge in [-0.1, -0.05) is 0 Å². The van der Waals surface area contributed by atoms with Gasteiger partial charge in [0.1, 0.15) is 11.4 Å². The van der Waals surface area contributed by atoms with Gasteiger partial charge in [-0.15, -0.1) is 0 Å². The molecule has 0 atom stereocenters. The summed E-state index contributed by atoms with van der Waals surface area (Å²) in [4.78, 5) is 13.7. The smallest absolute Gasteiger partial charge is 0.254 e. The maximum Gasteiger partial charge on any atom is 0.254 e. The molecule has 1 aliphatic rings. The molecule has 1 aromatic heterocycles. The van der Waals surface area contributed by atoms with Crippen LogP contribution in [0.3, 0.4) is 0 Å². The van der Waals surface area contributed by atoms with Crippen molar-refractivity contribution in [3.05, 3.63) is 11.3 Å². The normalized spacial score (nSPS) is 17.2. The number of amides is 1. The molecule has 0 saturated carbocycles. The minimum absolute atomic E-state index is 0.406. The van der Waals surface area contributed by atoms with E-state index in [2.05, 4.69) is 10.00 Å². The summed E-state index contributed by atoms with van der Waals surface area (Å²) in [5.41, 5.74) is 12.4. The number of carbonyl (C=O) groups excluding carboxylic acids is 1. The van der Waals surface area contributed by atoms with Crippen molar-refractivity contribution in [3.63, 3.8) is 0 Å². The first-order valence-electron chi connectivity index (χ1n) is 6.33. The lowest BCUT2D eigenvalue weighted by atomic mass is 9.97. The zero-order valence-corrected chi connectivity index (χ0v) is 11.0. The standard InChI is InChI=1S/C12H21N5O/c1-8-10(11(14)18)12(16(2)15-8)17-5-3-9(7-13)4-6-17/h9H,3-7,13H2,1-2H3,(H2,14,18). The van der Waals surface area contributed by atoms with Gasteiger partial charge in [0, 0.05) is 20.1 Å². The Morgan fingerprint density at radius 1 is 1.44 bits per heavy atom. The first-order valence-corrected chi connectivity index (χ1v) is 6.33. The largest absolute Gasteiger partial charge is 0.365 e. The summed E-state index contributed by atoms with van der Waals surface area (Å²) in [6, 6.07) is 0. The quantitative estimate of drug-likeness (QED) is 0.791. The number of anilines is 1. The summed E-state index contributed by atoms with van der Waals surface area (Å²) in [5, 5.41) is 4.30. The highest BCUT2D eigenvalue weighted by Crippen LogP contribution is 2.27. The lowest BCUT2D eigenvalue weighted by molar-refractivity contribution is 0.1000. The molecule has 0 radical (unpaired) electrons. The van der Waals surface area contributed by atoms with Crippen LogP contribution in [0, 0.1) is 12.8 Å². The van der Waals surface area contributed by atoms with Gasteiger partial charge in [-0.2, -0.15) is 5.10 Å². The zero-order chi connectivity index (χ0) is 13.3. The molecule has 6 nitrogen and oxygen atoms in total. The average Bonchev–Trinajstić information content (AvgIpc) is 2.64. The molecule has 18 heavy (non-hydrogen) atoms. The Morgan fingerprint density at radius 2 is 2.06 bits per heavy atom. The van der Waals surface area contributed by atoms with E-state index in [4.69, 9.17) is 11.5 Å². The Balaban J connectivity index is 2.26. The summed E-state index contributed by atoms with van der Waals surface area (Å²) < 4.78 is 1.75. The number of piperidine rings is 1. The van der Waals surface area contributed by atoms with Crippen LogP contribution in [0.2, 0.25) is 0 Å². The predicted molar refractivity (Wildman–Crippen MR) is 70.5 cm³/mol. The number of rotatable bonds is 3. The maximum absolute atomic E-state index is 11.5. The van der Waals surface area contributed by atoms with Gasteiger partial charge in [-0.3, -0.25) is 9.48 Å². The number of aromatic nitrogens is 2. The van der Waals surface area contributed by atoms with Crippen molar-refractivity contribution in [2.45, 2.75) is 19.8 Å². The molecule has 4 N–H and O–H groups in total. The Bertz CT molecular complexity index is 446. The highest BCUT2D eigenvalue weighted by atomic mass is 16.1. The molecule has 1 fully saturated rings. The molecule has 6 heteroatoms. The second kappa shape index (κ2) is 4.97. The minimum Gasteiger partial charge on any atom is -0.365 e. The number of nitrogens with two attached hydrogens (primary N) is 2. The molecule has 2 rings (SSSR count). The lowest BCUT2D eigenvalue weighted by Crippen LogP contribution is -2.38. The fourth-order valence-electron chi connectivity index (χ4n) is 2.68. The molecular formula is C12H21N5O. The Kier molecular flexibility index (Phi) is 3.56. The number of hydrogen-bond acceptors (Lipinski definition) is 4. The van der Waals surface area contributed by atoms with E-state index in [1.165, 1.54) is 0 Å². The van der Waals surface area contributed by atoms with Crippen molar-refractivity contribution in [1.82, 2.24) is 9.78 Å². The summed E-state index contributed by atoms with van der Waals surface area (Å²) in [7, 11) is 1.85. The van der Waals surface area contributed by atoms with Crippen molar-refractivity contribution < 1.29 is 4.79 Å². The van der Waals surface area contributed by atoms with Crippen LogP contribution in [0.25, 0.3) is 0 Å². The number of primary amides is 1. The molecule has 1 aliphatic heterocycles. The van der Waals surface area contributed by atoms with Crippen molar-refractivity contribution in [3.8, 4) is 0 Å². The topological polar surface area (TPSA) is 90.2 Å². The molecule has 0 aliphatic carbocycles. The van der Waals surface area contributed by atoms with Gasteiger partial charge in [-0.05, 0) is 32.2 Å². The van der Waals surface area contributed by atoms with Gasteiger partial charge in [0.2, 0.25) is 0 Å². The van der Waals surface area contributed by atoms with Crippen molar-refractivity contribution in [1.29, 1.82) is 0 Å². The van der Waals surface area contributed by atoms with E-state index in [9.17, 15) is 4.79 Å². The van der Waals surface area contributed by atoms with Crippen LogP contribution in [0.4, 0.5) is 5.82 Å². The van der Waals surface area contributed by atoms with Gasteiger partial charge < -0.3 is 16.4 Å². The monoisotopic (exact) mass is 251 g/mol. The highest BCUT2D eigenvalue weighted by Gasteiger charge is 2.26. The molecule has 0 bridgehead atoms. The number of carbonyl (C=O) groups is 1.